The summed E-state index contributed by atoms with van der Waals surface area (Å²) in [6.45, 7) is 6.19. The molecule has 1 aliphatic rings. The summed E-state index contributed by atoms with van der Waals surface area (Å²) in [7, 11) is 0. The van der Waals surface area contributed by atoms with E-state index in [4.69, 9.17) is 11.6 Å². The third-order valence-electron chi connectivity index (χ3n) is 3.72. The number of carbonyl (C=O) groups excluding carboxylic acids is 1. The zero-order valence-corrected chi connectivity index (χ0v) is 11.7. The maximum Gasteiger partial charge on any atom is 0.255 e. The van der Waals surface area contributed by atoms with Crippen LogP contribution in [-0.4, -0.2) is 28.9 Å². The van der Waals surface area contributed by atoms with E-state index < -0.39 is 0 Å². The van der Waals surface area contributed by atoms with Crippen LogP contribution in [0, 0.1) is 11.8 Å². The van der Waals surface area contributed by atoms with Gasteiger partial charge in [-0.15, -0.1) is 0 Å². The second-order valence-corrected chi connectivity index (χ2v) is 5.70. The second kappa shape index (κ2) is 5.70. The van der Waals surface area contributed by atoms with Crippen molar-refractivity contribution in [3.63, 3.8) is 0 Å². The molecular formula is C14H19ClN2O. The molecule has 1 saturated heterocycles. The zero-order chi connectivity index (χ0) is 13.1. The lowest BCUT2D eigenvalue weighted by atomic mass is 9.86. The summed E-state index contributed by atoms with van der Waals surface area (Å²) < 4.78 is 0. The van der Waals surface area contributed by atoms with Crippen molar-refractivity contribution < 1.29 is 4.79 Å². The normalized spacial score (nSPS) is 17.2. The molecule has 0 aliphatic carbocycles. The SMILES string of the molecule is CC(C)C1CCN(C(=O)c2cncc(Cl)c2)CC1. The first-order chi connectivity index (χ1) is 8.58. The van der Waals surface area contributed by atoms with E-state index in [1.165, 1.54) is 0 Å². The van der Waals surface area contributed by atoms with E-state index in [1.54, 1.807) is 18.5 Å². The van der Waals surface area contributed by atoms with Gasteiger partial charge in [0.15, 0.2) is 0 Å². The molecule has 0 radical (unpaired) electrons. The first-order valence-corrected chi connectivity index (χ1v) is 6.85. The summed E-state index contributed by atoms with van der Waals surface area (Å²) in [6.07, 6.45) is 5.32. The Bertz CT molecular complexity index is 426. The maximum absolute atomic E-state index is 12.3. The van der Waals surface area contributed by atoms with E-state index in [2.05, 4.69) is 18.8 Å². The fourth-order valence-electron chi connectivity index (χ4n) is 2.48. The van der Waals surface area contributed by atoms with Crippen molar-refractivity contribution in [2.24, 2.45) is 11.8 Å². The van der Waals surface area contributed by atoms with Gasteiger partial charge in [0.1, 0.15) is 0 Å². The predicted molar refractivity (Wildman–Crippen MR) is 72.7 cm³/mol. The molecule has 4 heteroatoms. The lowest BCUT2D eigenvalue weighted by molar-refractivity contribution is 0.0667. The molecule has 0 aromatic carbocycles. The third-order valence-corrected chi connectivity index (χ3v) is 3.93. The molecule has 1 fully saturated rings. The molecule has 2 rings (SSSR count). The number of aromatic nitrogens is 1. The Hall–Kier alpha value is -1.09. The molecule has 2 heterocycles. The van der Waals surface area contributed by atoms with Gasteiger partial charge in [-0.05, 0) is 30.7 Å². The summed E-state index contributed by atoms with van der Waals surface area (Å²) in [5.74, 6) is 1.49. The van der Waals surface area contributed by atoms with Crippen molar-refractivity contribution in [1.82, 2.24) is 9.88 Å². The van der Waals surface area contributed by atoms with Gasteiger partial charge >= 0.3 is 0 Å². The van der Waals surface area contributed by atoms with Crippen LogP contribution >= 0.6 is 11.6 Å². The largest absolute Gasteiger partial charge is 0.339 e. The lowest BCUT2D eigenvalue weighted by Gasteiger charge is -2.33. The minimum atomic E-state index is 0.0483. The van der Waals surface area contributed by atoms with Crippen LogP contribution in [0.2, 0.25) is 5.02 Å². The Balaban J connectivity index is 1.99. The number of hydrogen-bond acceptors (Lipinski definition) is 2. The van der Waals surface area contributed by atoms with Gasteiger partial charge in [-0.1, -0.05) is 25.4 Å². The number of pyridine rings is 1. The minimum absolute atomic E-state index is 0.0483. The van der Waals surface area contributed by atoms with Gasteiger partial charge in [0.25, 0.3) is 5.91 Å². The van der Waals surface area contributed by atoms with Crippen LogP contribution in [0.4, 0.5) is 0 Å². The standard InChI is InChI=1S/C14H19ClN2O/c1-10(2)11-3-5-17(6-4-11)14(18)12-7-13(15)9-16-8-12/h7-11H,3-6H2,1-2H3. The van der Waals surface area contributed by atoms with E-state index in [0.29, 0.717) is 16.5 Å². The molecule has 1 amide bonds. The van der Waals surface area contributed by atoms with E-state index in [0.717, 1.165) is 31.8 Å². The monoisotopic (exact) mass is 266 g/mol. The Kier molecular flexibility index (Phi) is 4.23. The number of hydrogen-bond donors (Lipinski definition) is 0. The minimum Gasteiger partial charge on any atom is -0.339 e. The van der Waals surface area contributed by atoms with Crippen molar-refractivity contribution in [2.45, 2.75) is 26.7 Å². The Morgan fingerprint density at radius 3 is 2.61 bits per heavy atom. The molecule has 1 aliphatic heterocycles. The number of rotatable bonds is 2. The van der Waals surface area contributed by atoms with E-state index >= 15 is 0 Å². The lowest BCUT2D eigenvalue weighted by Crippen LogP contribution is -2.39. The zero-order valence-electron chi connectivity index (χ0n) is 10.9. The third kappa shape index (κ3) is 3.02. The first-order valence-electron chi connectivity index (χ1n) is 6.47. The van der Waals surface area contributed by atoms with E-state index in [9.17, 15) is 4.79 Å². The summed E-state index contributed by atoms with van der Waals surface area (Å²) in [5.41, 5.74) is 0.588. The van der Waals surface area contributed by atoms with Gasteiger partial charge in [0.05, 0.1) is 10.6 Å². The highest BCUT2D eigenvalue weighted by Crippen LogP contribution is 2.25. The Labute approximate surface area is 113 Å². The number of piperidine rings is 1. The molecule has 18 heavy (non-hydrogen) atoms. The highest BCUT2D eigenvalue weighted by Gasteiger charge is 2.25. The average molecular weight is 267 g/mol. The summed E-state index contributed by atoms with van der Waals surface area (Å²) in [5, 5.41) is 0.512. The smallest absolute Gasteiger partial charge is 0.255 e. The number of halogens is 1. The van der Waals surface area contributed by atoms with Crippen LogP contribution in [0.15, 0.2) is 18.5 Å². The van der Waals surface area contributed by atoms with Crippen molar-refractivity contribution in [3.05, 3.63) is 29.0 Å². The Morgan fingerprint density at radius 1 is 1.39 bits per heavy atom. The number of amides is 1. The second-order valence-electron chi connectivity index (χ2n) is 5.27. The summed E-state index contributed by atoms with van der Waals surface area (Å²) in [6, 6.07) is 1.69. The van der Waals surface area contributed by atoms with Crippen molar-refractivity contribution in [2.75, 3.05) is 13.1 Å². The van der Waals surface area contributed by atoms with Crippen LogP contribution in [0.1, 0.15) is 37.0 Å². The van der Waals surface area contributed by atoms with E-state index in [-0.39, 0.29) is 5.91 Å². The van der Waals surface area contributed by atoms with Crippen LogP contribution in [-0.2, 0) is 0 Å². The van der Waals surface area contributed by atoms with Crippen LogP contribution in [0.5, 0.6) is 0 Å². The molecule has 0 spiro atoms. The van der Waals surface area contributed by atoms with Gasteiger partial charge in [0, 0.05) is 25.5 Å². The molecule has 1 aromatic heterocycles. The molecule has 0 unspecified atom stereocenters. The average Bonchev–Trinajstić information content (AvgIpc) is 2.38. The van der Waals surface area contributed by atoms with Gasteiger partial charge in [-0.25, -0.2) is 0 Å². The summed E-state index contributed by atoms with van der Waals surface area (Å²) >= 11 is 5.86. The van der Waals surface area contributed by atoms with Gasteiger partial charge in [-0.2, -0.15) is 0 Å². The molecule has 1 aromatic rings. The highest BCUT2D eigenvalue weighted by molar-refractivity contribution is 6.30. The van der Waals surface area contributed by atoms with Crippen LogP contribution in [0.3, 0.4) is 0 Å². The van der Waals surface area contributed by atoms with Gasteiger partial charge in [0.2, 0.25) is 0 Å². The quantitative estimate of drug-likeness (QED) is 0.823. The molecule has 0 atom stereocenters. The van der Waals surface area contributed by atoms with Crippen LogP contribution in [0.25, 0.3) is 0 Å². The number of carbonyl (C=O) groups is 1. The Morgan fingerprint density at radius 2 is 2.06 bits per heavy atom. The van der Waals surface area contributed by atoms with Gasteiger partial charge < -0.3 is 4.90 Å². The molecule has 0 saturated carbocycles. The topological polar surface area (TPSA) is 33.2 Å². The predicted octanol–water partition coefficient (Wildman–Crippen LogP) is 3.24. The van der Waals surface area contributed by atoms with Crippen molar-refractivity contribution in [3.8, 4) is 0 Å². The fourth-order valence-corrected chi connectivity index (χ4v) is 2.65. The van der Waals surface area contributed by atoms with Crippen molar-refractivity contribution >= 4 is 17.5 Å². The van der Waals surface area contributed by atoms with Crippen LogP contribution < -0.4 is 0 Å². The van der Waals surface area contributed by atoms with E-state index in [1.807, 2.05) is 4.90 Å². The highest BCUT2D eigenvalue weighted by atomic mass is 35.5. The molecule has 0 N–H and O–H groups in total. The molecule has 3 nitrogen and oxygen atoms in total. The molecule has 98 valence electrons. The summed E-state index contributed by atoms with van der Waals surface area (Å²) in [4.78, 5) is 18.1. The molecule has 0 bridgehead atoms. The number of likely N-dealkylation sites (tertiary alicyclic amines) is 1. The maximum atomic E-state index is 12.3. The fraction of sp³-hybridized carbons (Fsp3) is 0.571. The van der Waals surface area contributed by atoms with Crippen molar-refractivity contribution in [1.29, 1.82) is 0 Å². The first kappa shape index (κ1) is 13.3. The molecular weight excluding hydrogens is 248 g/mol. The van der Waals surface area contributed by atoms with Gasteiger partial charge in [-0.3, -0.25) is 9.78 Å². The number of nitrogens with zero attached hydrogens (tertiary/aromatic N) is 2.